The van der Waals surface area contributed by atoms with Gasteiger partial charge in [-0.1, -0.05) is 37.3 Å². The molecule has 0 unspecified atom stereocenters. The molecule has 1 heterocycles. The third-order valence-electron chi connectivity index (χ3n) is 4.32. The van der Waals surface area contributed by atoms with Crippen molar-refractivity contribution in [1.29, 1.82) is 0 Å². The molecule has 0 aromatic heterocycles. The second-order valence-corrected chi connectivity index (χ2v) is 5.48. The molecular weight excluding hydrogens is 220 g/mol. The Morgan fingerprint density at radius 2 is 2.00 bits per heavy atom. The van der Waals surface area contributed by atoms with Crippen molar-refractivity contribution in [2.45, 2.75) is 39.3 Å². The van der Waals surface area contributed by atoms with Gasteiger partial charge in [-0.25, -0.2) is 0 Å². The van der Waals surface area contributed by atoms with Gasteiger partial charge in [0, 0.05) is 18.6 Å². The first-order chi connectivity index (χ1) is 8.72. The van der Waals surface area contributed by atoms with Crippen molar-refractivity contribution in [2.24, 2.45) is 5.92 Å². The van der Waals surface area contributed by atoms with Gasteiger partial charge in [0.1, 0.15) is 0 Å². The highest BCUT2D eigenvalue weighted by Gasteiger charge is 2.29. The number of rotatable bonds is 5. The third-order valence-corrected chi connectivity index (χ3v) is 4.32. The molecule has 1 N–H and O–H groups in total. The summed E-state index contributed by atoms with van der Waals surface area (Å²) in [6.07, 6.45) is 1.32. The van der Waals surface area contributed by atoms with Gasteiger partial charge in [0.25, 0.3) is 0 Å². The summed E-state index contributed by atoms with van der Waals surface area (Å²) in [6.45, 7) is 10.4. The van der Waals surface area contributed by atoms with Crippen molar-refractivity contribution in [3.05, 3.63) is 35.9 Å². The molecule has 2 rings (SSSR count). The van der Waals surface area contributed by atoms with Crippen LogP contribution in [0, 0.1) is 5.92 Å². The zero-order valence-electron chi connectivity index (χ0n) is 11.9. The maximum absolute atomic E-state index is 3.56. The number of benzene rings is 1. The molecule has 0 radical (unpaired) electrons. The van der Waals surface area contributed by atoms with Crippen molar-refractivity contribution in [3.8, 4) is 0 Å². The molecule has 100 valence electrons. The van der Waals surface area contributed by atoms with Crippen LogP contribution in [0.25, 0.3) is 0 Å². The average molecular weight is 246 g/mol. The maximum Gasteiger partial charge on any atom is 0.0320 e. The first kappa shape index (κ1) is 13.6. The normalized spacial score (nSPS) is 24.1. The predicted octanol–water partition coefficient (Wildman–Crippen LogP) is 3.07. The SMILES string of the molecule is CCN[C@H](C)[C@@H]1CCN([C@H](C)c2ccccc2)C1. The molecule has 0 amide bonds. The second-order valence-electron chi connectivity index (χ2n) is 5.48. The van der Waals surface area contributed by atoms with E-state index in [0.29, 0.717) is 12.1 Å². The number of nitrogens with one attached hydrogen (secondary N) is 1. The molecule has 0 spiro atoms. The lowest BCUT2D eigenvalue weighted by Crippen LogP contribution is -2.35. The monoisotopic (exact) mass is 246 g/mol. The molecule has 1 aliphatic heterocycles. The molecule has 1 aromatic rings. The topological polar surface area (TPSA) is 15.3 Å². The van der Waals surface area contributed by atoms with Crippen LogP contribution in [0.1, 0.15) is 38.8 Å². The van der Waals surface area contributed by atoms with Crippen LogP contribution in [-0.4, -0.2) is 30.6 Å². The molecule has 0 saturated carbocycles. The van der Waals surface area contributed by atoms with Crippen LogP contribution in [-0.2, 0) is 0 Å². The van der Waals surface area contributed by atoms with Crippen LogP contribution in [0.15, 0.2) is 30.3 Å². The molecule has 2 nitrogen and oxygen atoms in total. The summed E-state index contributed by atoms with van der Waals surface area (Å²) in [7, 11) is 0. The van der Waals surface area contributed by atoms with Gasteiger partial charge in [-0.15, -0.1) is 0 Å². The molecule has 2 heteroatoms. The molecule has 1 aromatic carbocycles. The summed E-state index contributed by atoms with van der Waals surface area (Å²) in [5, 5.41) is 3.56. The maximum atomic E-state index is 3.56. The minimum atomic E-state index is 0.546. The first-order valence-corrected chi connectivity index (χ1v) is 7.24. The highest BCUT2D eigenvalue weighted by molar-refractivity contribution is 5.18. The van der Waals surface area contributed by atoms with Crippen LogP contribution in [0.4, 0.5) is 0 Å². The van der Waals surface area contributed by atoms with Crippen molar-refractivity contribution < 1.29 is 0 Å². The summed E-state index contributed by atoms with van der Waals surface area (Å²) in [5.74, 6) is 0.802. The number of nitrogens with zero attached hydrogens (tertiary/aromatic N) is 1. The van der Waals surface area contributed by atoms with Crippen molar-refractivity contribution in [2.75, 3.05) is 19.6 Å². The second kappa shape index (κ2) is 6.35. The summed E-state index contributed by atoms with van der Waals surface area (Å²) in [6, 6.07) is 12.0. The zero-order valence-corrected chi connectivity index (χ0v) is 11.9. The Bertz CT molecular complexity index is 349. The van der Waals surface area contributed by atoms with Crippen molar-refractivity contribution in [3.63, 3.8) is 0 Å². The average Bonchev–Trinajstić information content (AvgIpc) is 2.89. The fourth-order valence-corrected chi connectivity index (χ4v) is 3.01. The Morgan fingerprint density at radius 1 is 1.28 bits per heavy atom. The Balaban J connectivity index is 1.92. The predicted molar refractivity (Wildman–Crippen MR) is 77.7 cm³/mol. The number of hydrogen-bond acceptors (Lipinski definition) is 2. The van der Waals surface area contributed by atoms with E-state index in [1.165, 1.54) is 25.1 Å². The zero-order chi connectivity index (χ0) is 13.0. The van der Waals surface area contributed by atoms with E-state index in [2.05, 4.69) is 61.3 Å². The summed E-state index contributed by atoms with van der Waals surface area (Å²) < 4.78 is 0. The Labute approximate surface area is 111 Å². The van der Waals surface area contributed by atoms with Crippen LogP contribution in [0.3, 0.4) is 0 Å². The fourth-order valence-electron chi connectivity index (χ4n) is 3.01. The van der Waals surface area contributed by atoms with Crippen LogP contribution in [0.2, 0.25) is 0 Å². The van der Waals surface area contributed by atoms with Gasteiger partial charge in [-0.2, -0.15) is 0 Å². The van der Waals surface area contributed by atoms with Gasteiger partial charge < -0.3 is 5.32 Å². The van der Waals surface area contributed by atoms with Crippen LogP contribution < -0.4 is 5.32 Å². The lowest BCUT2D eigenvalue weighted by Gasteiger charge is -2.26. The smallest absolute Gasteiger partial charge is 0.0320 e. The number of likely N-dealkylation sites (tertiary alicyclic amines) is 1. The van der Waals surface area contributed by atoms with E-state index in [9.17, 15) is 0 Å². The van der Waals surface area contributed by atoms with Crippen LogP contribution in [0.5, 0.6) is 0 Å². The molecule has 1 aliphatic rings. The van der Waals surface area contributed by atoms with E-state index < -0.39 is 0 Å². The molecule has 1 fully saturated rings. The lowest BCUT2D eigenvalue weighted by molar-refractivity contribution is 0.243. The third kappa shape index (κ3) is 3.12. The van der Waals surface area contributed by atoms with E-state index in [4.69, 9.17) is 0 Å². The minimum Gasteiger partial charge on any atom is -0.314 e. The highest BCUT2D eigenvalue weighted by atomic mass is 15.2. The van der Waals surface area contributed by atoms with Gasteiger partial charge in [0.05, 0.1) is 0 Å². The number of hydrogen-bond donors (Lipinski definition) is 1. The molecular formula is C16H26N2. The Morgan fingerprint density at radius 3 is 2.67 bits per heavy atom. The minimum absolute atomic E-state index is 0.546. The first-order valence-electron chi connectivity index (χ1n) is 7.24. The van der Waals surface area contributed by atoms with E-state index in [0.717, 1.165) is 12.5 Å². The summed E-state index contributed by atoms with van der Waals surface area (Å²) in [4.78, 5) is 2.62. The lowest BCUT2D eigenvalue weighted by atomic mass is 10.0. The summed E-state index contributed by atoms with van der Waals surface area (Å²) >= 11 is 0. The van der Waals surface area contributed by atoms with Gasteiger partial charge in [0.2, 0.25) is 0 Å². The molecule has 0 bridgehead atoms. The molecule has 18 heavy (non-hydrogen) atoms. The molecule has 1 saturated heterocycles. The summed E-state index contributed by atoms with van der Waals surface area (Å²) in [5.41, 5.74) is 1.44. The largest absolute Gasteiger partial charge is 0.314 e. The van der Waals surface area contributed by atoms with Crippen molar-refractivity contribution in [1.82, 2.24) is 10.2 Å². The van der Waals surface area contributed by atoms with E-state index in [-0.39, 0.29) is 0 Å². The van der Waals surface area contributed by atoms with Gasteiger partial charge in [-0.3, -0.25) is 4.90 Å². The van der Waals surface area contributed by atoms with Crippen molar-refractivity contribution >= 4 is 0 Å². The van der Waals surface area contributed by atoms with Crippen LogP contribution >= 0.6 is 0 Å². The quantitative estimate of drug-likeness (QED) is 0.859. The van der Waals surface area contributed by atoms with Gasteiger partial charge in [-0.05, 0) is 44.8 Å². The van der Waals surface area contributed by atoms with Gasteiger partial charge in [0.15, 0.2) is 0 Å². The highest BCUT2D eigenvalue weighted by Crippen LogP contribution is 2.28. The van der Waals surface area contributed by atoms with E-state index in [1.807, 2.05) is 0 Å². The molecule has 3 atom stereocenters. The van der Waals surface area contributed by atoms with Gasteiger partial charge >= 0.3 is 0 Å². The van der Waals surface area contributed by atoms with E-state index >= 15 is 0 Å². The molecule has 0 aliphatic carbocycles. The Kier molecular flexibility index (Phi) is 4.79. The Hall–Kier alpha value is -0.860. The standard InChI is InChI=1S/C16H26N2/c1-4-17-13(2)16-10-11-18(12-16)14(3)15-8-6-5-7-9-15/h5-9,13-14,16-17H,4,10-12H2,1-3H3/t13-,14-,16-/m1/s1. The van der Waals surface area contributed by atoms with E-state index in [1.54, 1.807) is 0 Å². The fraction of sp³-hybridized carbons (Fsp3) is 0.625.